The fourth-order valence-corrected chi connectivity index (χ4v) is 2.51. The van der Waals surface area contributed by atoms with Crippen LogP contribution >= 0.6 is 0 Å². The number of hydrogen-bond acceptors (Lipinski definition) is 2. The first-order valence-electron chi connectivity index (χ1n) is 5.75. The zero-order valence-corrected chi connectivity index (χ0v) is 9.79. The Kier molecular flexibility index (Phi) is 3.85. The lowest BCUT2D eigenvalue weighted by atomic mass is 9.86. The van der Waals surface area contributed by atoms with Crippen LogP contribution in [0.5, 0.6) is 0 Å². The first-order valence-corrected chi connectivity index (χ1v) is 5.75. The molecule has 0 heterocycles. The van der Waals surface area contributed by atoms with Crippen LogP contribution in [0, 0.1) is 5.92 Å². The van der Waals surface area contributed by atoms with E-state index < -0.39 is 0 Å². The smallest absolute Gasteiger partial charge is 0.0917 e. The summed E-state index contributed by atoms with van der Waals surface area (Å²) in [5.41, 5.74) is 5.83. The van der Waals surface area contributed by atoms with Crippen LogP contribution in [-0.4, -0.2) is 17.0 Å². The molecule has 2 nitrogen and oxygen atoms in total. The second kappa shape index (κ2) is 4.72. The molecule has 0 amide bonds. The number of hydrogen-bond donors (Lipinski definition) is 1. The van der Waals surface area contributed by atoms with Gasteiger partial charge in [-0.25, -0.2) is 0 Å². The molecule has 0 atom stereocenters. The minimum atomic E-state index is 0.478. The molecule has 0 aliphatic heterocycles. The molecule has 1 saturated carbocycles. The molecule has 0 aromatic carbocycles. The van der Waals surface area contributed by atoms with Gasteiger partial charge in [0.2, 0.25) is 0 Å². The molecule has 0 bridgehead atoms. The van der Waals surface area contributed by atoms with E-state index in [1.807, 2.05) is 0 Å². The lowest BCUT2D eigenvalue weighted by Gasteiger charge is -2.40. The van der Waals surface area contributed by atoms with Crippen molar-refractivity contribution < 1.29 is 0 Å². The molecule has 0 spiro atoms. The van der Waals surface area contributed by atoms with Gasteiger partial charge >= 0.3 is 0 Å². The molecule has 0 aromatic rings. The Morgan fingerprint density at radius 2 is 1.79 bits per heavy atom. The van der Waals surface area contributed by atoms with Crippen LogP contribution in [0.2, 0.25) is 0 Å². The summed E-state index contributed by atoms with van der Waals surface area (Å²) in [6.07, 6.45) is 5.22. The first-order chi connectivity index (χ1) is 6.52. The van der Waals surface area contributed by atoms with Gasteiger partial charge in [0.05, 0.1) is 5.82 Å². The largest absolute Gasteiger partial charge is 0.386 e. The van der Waals surface area contributed by atoms with E-state index in [-0.39, 0.29) is 0 Å². The van der Waals surface area contributed by atoms with Gasteiger partial charge in [-0.2, -0.15) is 0 Å². The Morgan fingerprint density at radius 3 is 2.14 bits per heavy atom. The molecule has 0 radical (unpaired) electrons. The second-order valence-electron chi connectivity index (χ2n) is 4.91. The monoisotopic (exact) mass is 196 g/mol. The summed E-state index contributed by atoms with van der Waals surface area (Å²) >= 11 is 0. The van der Waals surface area contributed by atoms with Gasteiger partial charge < -0.3 is 10.6 Å². The molecule has 1 aliphatic rings. The van der Waals surface area contributed by atoms with Crippen molar-refractivity contribution in [3.05, 3.63) is 12.4 Å². The van der Waals surface area contributed by atoms with E-state index in [0.29, 0.717) is 12.1 Å². The first kappa shape index (κ1) is 11.4. The molecular weight excluding hydrogens is 172 g/mol. The molecule has 1 aliphatic carbocycles. The summed E-state index contributed by atoms with van der Waals surface area (Å²) in [7, 11) is 0. The maximum atomic E-state index is 5.83. The van der Waals surface area contributed by atoms with E-state index in [1.54, 1.807) is 0 Å². The zero-order valence-electron chi connectivity index (χ0n) is 9.79. The maximum absolute atomic E-state index is 5.83. The predicted octanol–water partition coefficient (Wildman–Crippen LogP) is 2.71. The van der Waals surface area contributed by atoms with Crippen molar-refractivity contribution in [3.63, 3.8) is 0 Å². The molecule has 1 fully saturated rings. The van der Waals surface area contributed by atoms with Gasteiger partial charge in [-0.1, -0.05) is 13.5 Å². The Balaban J connectivity index is 2.56. The van der Waals surface area contributed by atoms with Crippen molar-refractivity contribution >= 4 is 0 Å². The average molecular weight is 196 g/mol. The maximum Gasteiger partial charge on any atom is 0.0917 e. The van der Waals surface area contributed by atoms with Gasteiger partial charge in [0.1, 0.15) is 0 Å². The molecule has 0 unspecified atom stereocenters. The van der Waals surface area contributed by atoms with E-state index in [1.165, 1.54) is 25.7 Å². The lowest BCUT2D eigenvalue weighted by molar-refractivity contribution is 0.145. The van der Waals surface area contributed by atoms with Crippen molar-refractivity contribution in [1.82, 2.24) is 4.90 Å². The normalized spacial score (nSPS) is 27.7. The third-order valence-electron chi connectivity index (χ3n) is 3.27. The van der Waals surface area contributed by atoms with Crippen LogP contribution in [0.3, 0.4) is 0 Å². The highest BCUT2D eigenvalue weighted by Gasteiger charge is 2.25. The quantitative estimate of drug-likeness (QED) is 0.752. The Bertz CT molecular complexity index is 190. The summed E-state index contributed by atoms with van der Waals surface area (Å²) < 4.78 is 0. The highest BCUT2D eigenvalue weighted by Crippen LogP contribution is 2.29. The summed E-state index contributed by atoms with van der Waals surface area (Å²) in [5.74, 6) is 1.63. The molecule has 2 N–H and O–H groups in total. The fourth-order valence-electron chi connectivity index (χ4n) is 2.51. The van der Waals surface area contributed by atoms with Crippen molar-refractivity contribution in [3.8, 4) is 0 Å². The van der Waals surface area contributed by atoms with Gasteiger partial charge in [0, 0.05) is 12.1 Å². The van der Waals surface area contributed by atoms with Gasteiger partial charge in [-0.15, -0.1) is 0 Å². The molecule has 0 saturated heterocycles. The van der Waals surface area contributed by atoms with Crippen LogP contribution in [0.1, 0.15) is 46.5 Å². The number of rotatable bonds is 3. The Hall–Kier alpha value is -0.660. The summed E-state index contributed by atoms with van der Waals surface area (Å²) in [6, 6.07) is 1.11. The van der Waals surface area contributed by atoms with E-state index in [2.05, 4.69) is 32.3 Å². The standard InChI is InChI=1S/C12H24N2/c1-9(2)14(11(4)13)12-7-5-10(3)6-8-12/h9-10,12H,4-8,13H2,1-3H3. The van der Waals surface area contributed by atoms with Gasteiger partial charge in [0.15, 0.2) is 0 Å². The Morgan fingerprint density at radius 1 is 1.29 bits per heavy atom. The predicted molar refractivity (Wildman–Crippen MR) is 61.7 cm³/mol. The fraction of sp³-hybridized carbons (Fsp3) is 0.833. The van der Waals surface area contributed by atoms with E-state index in [9.17, 15) is 0 Å². The van der Waals surface area contributed by atoms with Crippen LogP contribution in [-0.2, 0) is 0 Å². The SMILES string of the molecule is C=C(N)N(C(C)C)C1CCC(C)CC1. The highest BCUT2D eigenvalue weighted by atomic mass is 15.2. The van der Waals surface area contributed by atoms with Crippen molar-refractivity contribution in [2.24, 2.45) is 11.7 Å². The Labute approximate surface area is 88.2 Å². The van der Waals surface area contributed by atoms with Crippen LogP contribution in [0.25, 0.3) is 0 Å². The minimum absolute atomic E-state index is 0.478. The van der Waals surface area contributed by atoms with Crippen LogP contribution in [0.4, 0.5) is 0 Å². The van der Waals surface area contributed by atoms with E-state index in [0.717, 1.165) is 11.7 Å². The third-order valence-corrected chi connectivity index (χ3v) is 3.27. The van der Waals surface area contributed by atoms with Crippen LogP contribution in [0.15, 0.2) is 12.4 Å². The molecule has 1 rings (SSSR count). The molecular formula is C12H24N2. The zero-order chi connectivity index (χ0) is 10.7. The van der Waals surface area contributed by atoms with Crippen molar-refractivity contribution in [2.75, 3.05) is 0 Å². The molecule has 82 valence electrons. The summed E-state index contributed by atoms with van der Waals surface area (Å²) in [5, 5.41) is 0. The van der Waals surface area contributed by atoms with Gasteiger partial charge in [0.25, 0.3) is 0 Å². The lowest BCUT2D eigenvalue weighted by Crippen LogP contribution is -2.43. The molecule has 0 aromatic heterocycles. The average Bonchev–Trinajstić information content (AvgIpc) is 2.07. The summed E-state index contributed by atoms with van der Waals surface area (Å²) in [6.45, 7) is 10.6. The van der Waals surface area contributed by atoms with E-state index >= 15 is 0 Å². The van der Waals surface area contributed by atoms with Crippen molar-refractivity contribution in [1.29, 1.82) is 0 Å². The summed E-state index contributed by atoms with van der Waals surface area (Å²) in [4.78, 5) is 2.28. The topological polar surface area (TPSA) is 29.3 Å². The van der Waals surface area contributed by atoms with Crippen LogP contribution < -0.4 is 5.73 Å². The minimum Gasteiger partial charge on any atom is -0.386 e. The van der Waals surface area contributed by atoms with Gasteiger partial charge in [-0.05, 0) is 45.4 Å². The second-order valence-corrected chi connectivity index (χ2v) is 4.91. The third kappa shape index (κ3) is 2.66. The number of nitrogens with two attached hydrogens (primary N) is 1. The molecule has 2 heteroatoms. The number of nitrogens with zero attached hydrogens (tertiary/aromatic N) is 1. The highest BCUT2D eigenvalue weighted by molar-refractivity contribution is 4.94. The van der Waals surface area contributed by atoms with Gasteiger partial charge in [-0.3, -0.25) is 0 Å². The molecule has 14 heavy (non-hydrogen) atoms. The van der Waals surface area contributed by atoms with Crippen molar-refractivity contribution in [2.45, 2.75) is 58.5 Å². The van der Waals surface area contributed by atoms with E-state index in [4.69, 9.17) is 5.73 Å².